The molecule has 2 aromatic carbocycles. The van der Waals surface area contributed by atoms with Crippen LogP contribution in [0.2, 0.25) is 5.02 Å². The Morgan fingerprint density at radius 3 is 2.15 bits per heavy atom. The SMILES string of the molecule is CCCCCCCOC(=O)[C@H](C)N[P@@](=O)(Oc1ccc(Cl)cc1)Oc1ccc([NH+]([O-])OC)cc1. The largest absolute Gasteiger partial charge is 0.595 e. The number of halogens is 1. The summed E-state index contributed by atoms with van der Waals surface area (Å²) < 4.78 is 30.1. The molecule has 0 saturated heterocycles. The van der Waals surface area contributed by atoms with E-state index in [1.54, 1.807) is 12.1 Å². The van der Waals surface area contributed by atoms with E-state index in [-0.39, 0.29) is 18.1 Å². The van der Waals surface area contributed by atoms with Crippen molar-refractivity contribution < 1.29 is 33.2 Å². The highest BCUT2D eigenvalue weighted by atomic mass is 35.5. The van der Waals surface area contributed by atoms with Gasteiger partial charge in [0.1, 0.15) is 17.5 Å². The van der Waals surface area contributed by atoms with Gasteiger partial charge in [-0.25, -0.2) is 9.40 Å². The first-order valence-electron chi connectivity index (χ1n) is 11.1. The minimum atomic E-state index is -4.10. The summed E-state index contributed by atoms with van der Waals surface area (Å²) >= 11 is 5.91. The van der Waals surface area contributed by atoms with Crippen molar-refractivity contribution in [3.05, 3.63) is 58.8 Å². The van der Waals surface area contributed by atoms with Gasteiger partial charge in [-0.1, -0.05) is 44.2 Å². The lowest BCUT2D eigenvalue weighted by atomic mass is 10.2. The van der Waals surface area contributed by atoms with Crippen LogP contribution in [-0.4, -0.2) is 25.7 Å². The van der Waals surface area contributed by atoms with Crippen molar-refractivity contribution in [2.75, 3.05) is 13.7 Å². The summed E-state index contributed by atoms with van der Waals surface area (Å²) in [6.07, 6.45) is 5.12. The number of unbranched alkanes of at least 4 members (excludes halogenated alkanes) is 4. The van der Waals surface area contributed by atoms with Crippen molar-refractivity contribution >= 4 is 31.0 Å². The third-order valence-electron chi connectivity index (χ3n) is 4.74. The van der Waals surface area contributed by atoms with E-state index in [2.05, 4.69) is 16.8 Å². The van der Waals surface area contributed by atoms with E-state index >= 15 is 0 Å². The fourth-order valence-electron chi connectivity index (χ4n) is 2.91. The average molecular weight is 515 g/mol. The van der Waals surface area contributed by atoms with E-state index in [9.17, 15) is 14.6 Å². The molecule has 0 amide bonds. The number of carbonyl (C=O) groups is 1. The molecule has 0 spiro atoms. The van der Waals surface area contributed by atoms with Gasteiger partial charge < -0.3 is 19.0 Å². The molecule has 0 fully saturated rings. The van der Waals surface area contributed by atoms with Crippen LogP contribution in [0.25, 0.3) is 0 Å². The van der Waals surface area contributed by atoms with E-state index in [4.69, 9.17) is 25.4 Å². The number of rotatable bonds is 15. The summed E-state index contributed by atoms with van der Waals surface area (Å²) in [6.45, 7) is 3.93. The van der Waals surface area contributed by atoms with Crippen LogP contribution < -0.4 is 19.4 Å². The summed E-state index contributed by atoms with van der Waals surface area (Å²) in [6, 6.07) is 11.1. The second kappa shape index (κ2) is 14.3. The Balaban J connectivity index is 2.08. The number of benzene rings is 2. The average Bonchev–Trinajstić information content (AvgIpc) is 2.82. The first kappa shape index (κ1) is 28.1. The highest BCUT2D eigenvalue weighted by molar-refractivity contribution is 7.52. The van der Waals surface area contributed by atoms with Crippen LogP contribution in [0.4, 0.5) is 5.69 Å². The molecule has 3 atom stereocenters. The Hall–Kier alpha value is -2.13. The quantitative estimate of drug-likeness (QED) is 0.148. The standard InChI is InChI=1S/C23H32ClN2O7P/c1-4-5-6-7-8-17-31-23(27)18(2)25-34(29,32-21-13-9-19(24)10-14-21)33-22-15-11-20(12-16-22)26(28)30-3/h9-16,18,26H,4-8,17H2,1-3H3,(H,25,29)/t18-,34+/m0/s1. The summed E-state index contributed by atoms with van der Waals surface area (Å²) in [5.41, 5.74) is 0.298. The fourth-order valence-corrected chi connectivity index (χ4v) is 4.55. The minimum Gasteiger partial charge on any atom is -0.595 e. The molecular weight excluding hydrogens is 483 g/mol. The molecular formula is C23H32ClN2O7P. The molecule has 0 aliphatic carbocycles. The van der Waals surface area contributed by atoms with Crippen LogP contribution in [0.15, 0.2) is 48.5 Å². The third-order valence-corrected chi connectivity index (χ3v) is 6.60. The van der Waals surface area contributed by atoms with Crippen LogP contribution in [0.1, 0.15) is 46.0 Å². The lowest BCUT2D eigenvalue weighted by molar-refractivity contribution is -0.992. The fraction of sp³-hybridized carbons (Fsp3) is 0.435. The van der Waals surface area contributed by atoms with Gasteiger partial charge in [0.05, 0.1) is 13.7 Å². The summed E-state index contributed by atoms with van der Waals surface area (Å²) in [4.78, 5) is 17.1. The monoisotopic (exact) mass is 514 g/mol. The van der Waals surface area contributed by atoms with E-state index < -0.39 is 25.0 Å². The van der Waals surface area contributed by atoms with E-state index in [1.165, 1.54) is 50.4 Å². The van der Waals surface area contributed by atoms with Gasteiger partial charge in [0.15, 0.2) is 5.69 Å². The van der Waals surface area contributed by atoms with Crippen LogP contribution in [0, 0.1) is 5.21 Å². The summed E-state index contributed by atoms with van der Waals surface area (Å²) in [7, 11) is -2.82. The lowest BCUT2D eigenvalue weighted by Gasteiger charge is -2.23. The maximum atomic E-state index is 13.6. The predicted octanol–water partition coefficient (Wildman–Crippen LogP) is 4.97. The van der Waals surface area contributed by atoms with Gasteiger partial charge in [-0.3, -0.25) is 4.79 Å². The van der Waals surface area contributed by atoms with Crippen molar-refractivity contribution in [3.63, 3.8) is 0 Å². The Bertz CT molecular complexity index is 928. The number of nitrogens with one attached hydrogen (secondary N) is 2. The zero-order valence-corrected chi connectivity index (χ0v) is 21.3. The van der Waals surface area contributed by atoms with Crippen LogP contribution in [0.3, 0.4) is 0 Å². The van der Waals surface area contributed by atoms with Crippen molar-refractivity contribution in [2.24, 2.45) is 0 Å². The topological polar surface area (TPSA) is 111 Å². The molecule has 2 N–H and O–H groups in total. The molecule has 0 saturated carbocycles. The van der Waals surface area contributed by atoms with Gasteiger partial charge in [0.2, 0.25) is 0 Å². The molecule has 188 valence electrons. The Labute approximate surface area is 205 Å². The zero-order valence-electron chi connectivity index (χ0n) is 19.6. The second-order valence-corrected chi connectivity index (χ2v) is 9.64. The van der Waals surface area contributed by atoms with Gasteiger partial charge in [-0.05, 0) is 49.7 Å². The Kier molecular flexibility index (Phi) is 11.8. The van der Waals surface area contributed by atoms with Crippen molar-refractivity contribution in [2.45, 2.75) is 52.0 Å². The Morgan fingerprint density at radius 1 is 1.03 bits per heavy atom. The van der Waals surface area contributed by atoms with E-state index in [1.807, 2.05) is 0 Å². The van der Waals surface area contributed by atoms with Gasteiger partial charge in [-0.2, -0.15) is 10.3 Å². The van der Waals surface area contributed by atoms with Gasteiger partial charge in [0.25, 0.3) is 0 Å². The van der Waals surface area contributed by atoms with Gasteiger partial charge in [-0.15, -0.1) is 0 Å². The number of hydrogen-bond acceptors (Lipinski definition) is 7. The molecule has 0 bridgehead atoms. The molecule has 34 heavy (non-hydrogen) atoms. The second-order valence-electron chi connectivity index (χ2n) is 7.58. The molecule has 0 aliphatic heterocycles. The summed E-state index contributed by atoms with van der Waals surface area (Å²) in [5, 5.41) is 14.2. The van der Waals surface area contributed by atoms with Crippen molar-refractivity contribution in [1.82, 2.24) is 5.09 Å². The number of carbonyl (C=O) groups excluding carboxylic acids is 1. The first-order chi connectivity index (χ1) is 16.3. The highest BCUT2D eigenvalue weighted by Gasteiger charge is 2.34. The van der Waals surface area contributed by atoms with Crippen LogP contribution in [0.5, 0.6) is 11.5 Å². The lowest BCUT2D eigenvalue weighted by Crippen LogP contribution is -3.00. The van der Waals surface area contributed by atoms with Crippen molar-refractivity contribution in [3.8, 4) is 11.5 Å². The molecule has 9 nitrogen and oxygen atoms in total. The van der Waals surface area contributed by atoms with Gasteiger partial charge >= 0.3 is 13.7 Å². The molecule has 1 unspecified atom stereocenters. The number of esters is 1. The zero-order chi connectivity index (χ0) is 25.0. The number of hydrogen-bond donors (Lipinski definition) is 2. The van der Waals surface area contributed by atoms with Gasteiger partial charge in [0, 0.05) is 17.2 Å². The maximum absolute atomic E-state index is 13.6. The maximum Gasteiger partial charge on any atom is 0.513 e. The molecule has 11 heteroatoms. The minimum absolute atomic E-state index is 0.161. The molecule has 0 aromatic heterocycles. The number of ether oxygens (including phenoxy) is 1. The smallest absolute Gasteiger partial charge is 0.513 e. The van der Waals surface area contributed by atoms with Crippen LogP contribution >= 0.6 is 19.3 Å². The van der Waals surface area contributed by atoms with Crippen molar-refractivity contribution in [1.29, 1.82) is 0 Å². The molecule has 0 aliphatic rings. The summed E-state index contributed by atoms with van der Waals surface area (Å²) in [5.74, 6) is -0.183. The molecule has 2 rings (SSSR count). The normalized spacial score (nSPS) is 14.6. The van der Waals surface area contributed by atoms with E-state index in [0.717, 1.165) is 32.1 Å². The predicted molar refractivity (Wildman–Crippen MR) is 130 cm³/mol. The first-order valence-corrected chi connectivity index (χ1v) is 13.1. The third kappa shape index (κ3) is 9.62. The molecule has 0 radical (unpaired) electrons. The Morgan fingerprint density at radius 2 is 1.59 bits per heavy atom. The highest BCUT2D eigenvalue weighted by Crippen LogP contribution is 2.45. The number of quaternary nitrogens is 1. The molecule has 0 heterocycles. The molecule has 2 aromatic rings. The van der Waals surface area contributed by atoms with Crippen LogP contribution in [-0.2, 0) is 18.9 Å². The van der Waals surface area contributed by atoms with E-state index in [0.29, 0.717) is 10.7 Å².